The topological polar surface area (TPSA) is 49.3 Å². The largest absolute Gasteiger partial charge is 0.394 e. The van der Waals surface area contributed by atoms with Gasteiger partial charge in [0.2, 0.25) is 5.91 Å². The van der Waals surface area contributed by atoms with Gasteiger partial charge in [-0.25, -0.2) is 0 Å². The van der Waals surface area contributed by atoms with Gasteiger partial charge in [0, 0.05) is 5.41 Å². The molecule has 1 fully saturated rings. The van der Waals surface area contributed by atoms with E-state index in [-0.39, 0.29) is 23.5 Å². The standard InChI is InChI=1S/C14H27NO2/c1-5-13(3,4)12(17)15-14(10-16)8-6-7-11(2)9-14/h11,16H,5-10H2,1-4H3,(H,15,17). The zero-order valence-electron chi connectivity index (χ0n) is 11.7. The molecular weight excluding hydrogens is 214 g/mol. The van der Waals surface area contributed by atoms with Crippen molar-refractivity contribution in [1.82, 2.24) is 5.32 Å². The fourth-order valence-electron chi connectivity index (χ4n) is 2.53. The quantitative estimate of drug-likeness (QED) is 0.794. The molecule has 0 spiro atoms. The third-order valence-corrected chi connectivity index (χ3v) is 4.27. The van der Waals surface area contributed by atoms with Crippen LogP contribution in [0.4, 0.5) is 0 Å². The summed E-state index contributed by atoms with van der Waals surface area (Å²) in [6.07, 6.45) is 4.91. The van der Waals surface area contributed by atoms with Gasteiger partial charge in [0.15, 0.2) is 0 Å². The van der Waals surface area contributed by atoms with Crippen molar-refractivity contribution in [1.29, 1.82) is 0 Å². The predicted molar refractivity (Wildman–Crippen MR) is 69.7 cm³/mol. The molecule has 17 heavy (non-hydrogen) atoms. The Bertz CT molecular complexity index is 275. The zero-order chi connectivity index (χ0) is 13.1. The van der Waals surface area contributed by atoms with E-state index in [1.165, 1.54) is 6.42 Å². The second-order valence-corrected chi connectivity index (χ2v) is 6.33. The summed E-state index contributed by atoms with van der Waals surface area (Å²) in [4.78, 5) is 12.2. The molecule has 1 saturated carbocycles. The molecule has 0 aliphatic heterocycles. The van der Waals surface area contributed by atoms with Crippen molar-refractivity contribution in [2.24, 2.45) is 11.3 Å². The van der Waals surface area contributed by atoms with Gasteiger partial charge in [-0.2, -0.15) is 0 Å². The van der Waals surface area contributed by atoms with Crippen LogP contribution < -0.4 is 5.32 Å². The van der Waals surface area contributed by atoms with Gasteiger partial charge in [-0.15, -0.1) is 0 Å². The molecule has 2 N–H and O–H groups in total. The molecule has 0 aromatic rings. The van der Waals surface area contributed by atoms with E-state index < -0.39 is 0 Å². The highest BCUT2D eigenvalue weighted by molar-refractivity contribution is 5.82. The molecule has 0 aromatic heterocycles. The molecule has 1 rings (SSSR count). The number of carbonyl (C=O) groups is 1. The number of aliphatic hydroxyl groups is 1. The molecule has 1 aliphatic carbocycles. The number of hydrogen-bond acceptors (Lipinski definition) is 2. The van der Waals surface area contributed by atoms with Crippen LogP contribution in [0.1, 0.15) is 59.8 Å². The molecule has 0 radical (unpaired) electrons. The van der Waals surface area contributed by atoms with Crippen LogP contribution in [0.3, 0.4) is 0 Å². The maximum Gasteiger partial charge on any atom is 0.226 e. The number of carbonyl (C=O) groups excluding carboxylic acids is 1. The van der Waals surface area contributed by atoms with Crippen molar-refractivity contribution in [2.75, 3.05) is 6.61 Å². The highest BCUT2D eigenvalue weighted by atomic mass is 16.3. The van der Waals surface area contributed by atoms with E-state index in [2.05, 4.69) is 12.2 Å². The Morgan fingerprint density at radius 2 is 2.18 bits per heavy atom. The maximum absolute atomic E-state index is 12.2. The van der Waals surface area contributed by atoms with E-state index in [0.29, 0.717) is 5.92 Å². The minimum Gasteiger partial charge on any atom is -0.394 e. The molecule has 2 atom stereocenters. The van der Waals surface area contributed by atoms with Crippen LogP contribution in [0.5, 0.6) is 0 Å². The van der Waals surface area contributed by atoms with Crippen LogP contribution in [0.25, 0.3) is 0 Å². The van der Waals surface area contributed by atoms with Crippen LogP contribution in [0.15, 0.2) is 0 Å². The molecule has 3 nitrogen and oxygen atoms in total. The first-order chi connectivity index (χ1) is 7.85. The van der Waals surface area contributed by atoms with E-state index in [0.717, 1.165) is 25.7 Å². The first-order valence-corrected chi connectivity index (χ1v) is 6.79. The second-order valence-electron chi connectivity index (χ2n) is 6.33. The summed E-state index contributed by atoms with van der Waals surface area (Å²) in [5, 5.41) is 12.7. The Morgan fingerprint density at radius 1 is 1.53 bits per heavy atom. The second kappa shape index (κ2) is 5.38. The van der Waals surface area contributed by atoms with Crippen LogP contribution in [-0.2, 0) is 4.79 Å². The summed E-state index contributed by atoms with van der Waals surface area (Å²) in [6.45, 7) is 8.19. The van der Waals surface area contributed by atoms with E-state index >= 15 is 0 Å². The number of aliphatic hydroxyl groups excluding tert-OH is 1. The summed E-state index contributed by atoms with van der Waals surface area (Å²) < 4.78 is 0. The summed E-state index contributed by atoms with van der Waals surface area (Å²) in [7, 11) is 0. The Hall–Kier alpha value is -0.570. The Morgan fingerprint density at radius 3 is 2.65 bits per heavy atom. The van der Waals surface area contributed by atoms with Crippen molar-refractivity contribution in [3.8, 4) is 0 Å². The monoisotopic (exact) mass is 241 g/mol. The van der Waals surface area contributed by atoms with E-state index in [4.69, 9.17) is 0 Å². The number of rotatable bonds is 4. The Labute approximate surface area is 105 Å². The van der Waals surface area contributed by atoms with Crippen LogP contribution >= 0.6 is 0 Å². The van der Waals surface area contributed by atoms with Gasteiger partial charge < -0.3 is 10.4 Å². The highest BCUT2D eigenvalue weighted by Crippen LogP contribution is 2.33. The first kappa shape index (κ1) is 14.5. The third-order valence-electron chi connectivity index (χ3n) is 4.27. The van der Waals surface area contributed by atoms with Crippen molar-refractivity contribution >= 4 is 5.91 Å². The average Bonchev–Trinajstić information content (AvgIpc) is 2.29. The van der Waals surface area contributed by atoms with Gasteiger partial charge in [-0.1, -0.05) is 40.5 Å². The van der Waals surface area contributed by atoms with Crippen LogP contribution in [0, 0.1) is 11.3 Å². The van der Waals surface area contributed by atoms with Crippen molar-refractivity contribution in [3.63, 3.8) is 0 Å². The fraction of sp³-hybridized carbons (Fsp3) is 0.929. The highest BCUT2D eigenvalue weighted by Gasteiger charge is 2.38. The maximum atomic E-state index is 12.2. The van der Waals surface area contributed by atoms with E-state index in [1.807, 2.05) is 20.8 Å². The van der Waals surface area contributed by atoms with Gasteiger partial charge in [-0.05, 0) is 25.2 Å². The van der Waals surface area contributed by atoms with E-state index in [9.17, 15) is 9.90 Å². The number of nitrogens with one attached hydrogen (secondary N) is 1. The van der Waals surface area contributed by atoms with Crippen LogP contribution in [-0.4, -0.2) is 23.2 Å². The van der Waals surface area contributed by atoms with Crippen molar-refractivity contribution in [3.05, 3.63) is 0 Å². The predicted octanol–water partition coefficient (Wildman–Crippen LogP) is 2.48. The minimum atomic E-state index is -0.374. The lowest BCUT2D eigenvalue weighted by atomic mass is 9.76. The van der Waals surface area contributed by atoms with Crippen molar-refractivity contribution in [2.45, 2.75) is 65.3 Å². The molecule has 1 amide bonds. The van der Waals surface area contributed by atoms with Crippen molar-refractivity contribution < 1.29 is 9.90 Å². The summed E-state index contributed by atoms with van der Waals surface area (Å²) in [5.74, 6) is 0.657. The molecule has 0 bridgehead atoms. The number of amides is 1. The molecule has 2 unspecified atom stereocenters. The van der Waals surface area contributed by atoms with Gasteiger partial charge in [0.1, 0.15) is 0 Å². The third kappa shape index (κ3) is 3.44. The SMILES string of the molecule is CCC(C)(C)C(=O)NC1(CO)CCCC(C)C1. The van der Waals surface area contributed by atoms with Gasteiger partial charge >= 0.3 is 0 Å². The minimum absolute atomic E-state index is 0.0584. The molecule has 3 heteroatoms. The van der Waals surface area contributed by atoms with Gasteiger partial charge in [0.25, 0.3) is 0 Å². The summed E-state index contributed by atoms with van der Waals surface area (Å²) >= 11 is 0. The molecular formula is C14H27NO2. The lowest BCUT2D eigenvalue weighted by Gasteiger charge is -2.41. The Balaban J connectivity index is 2.72. The molecule has 1 aliphatic rings. The lowest BCUT2D eigenvalue weighted by molar-refractivity contribution is -0.133. The summed E-state index contributed by atoms with van der Waals surface area (Å²) in [5.41, 5.74) is -0.718. The van der Waals surface area contributed by atoms with Gasteiger partial charge in [-0.3, -0.25) is 4.79 Å². The first-order valence-electron chi connectivity index (χ1n) is 6.79. The summed E-state index contributed by atoms with van der Waals surface area (Å²) in [6, 6.07) is 0. The Kier molecular flexibility index (Phi) is 4.59. The smallest absolute Gasteiger partial charge is 0.226 e. The molecule has 0 saturated heterocycles. The van der Waals surface area contributed by atoms with Crippen LogP contribution in [0.2, 0.25) is 0 Å². The zero-order valence-corrected chi connectivity index (χ0v) is 11.7. The normalized spacial score (nSPS) is 30.1. The van der Waals surface area contributed by atoms with E-state index in [1.54, 1.807) is 0 Å². The average molecular weight is 241 g/mol. The molecule has 0 aromatic carbocycles. The lowest BCUT2D eigenvalue weighted by Crippen LogP contribution is -2.56. The number of hydrogen-bond donors (Lipinski definition) is 2. The molecule has 100 valence electrons. The fourth-order valence-corrected chi connectivity index (χ4v) is 2.53. The van der Waals surface area contributed by atoms with Gasteiger partial charge in [0.05, 0.1) is 12.1 Å². The molecule has 0 heterocycles.